The van der Waals surface area contributed by atoms with Gasteiger partial charge < -0.3 is 9.64 Å². The van der Waals surface area contributed by atoms with Gasteiger partial charge in [-0.25, -0.2) is 8.42 Å². The van der Waals surface area contributed by atoms with E-state index in [0.29, 0.717) is 24.3 Å². The van der Waals surface area contributed by atoms with E-state index in [9.17, 15) is 13.2 Å². The summed E-state index contributed by atoms with van der Waals surface area (Å²) in [6.45, 7) is 0. The Kier molecular flexibility index (Phi) is 4.19. The number of amides is 1. The highest BCUT2D eigenvalue weighted by atomic mass is 32.2. The first kappa shape index (κ1) is 16.3. The van der Waals surface area contributed by atoms with Crippen LogP contribution < -0.4 is 14.4 Å². The molecule has 3 rings (SSSR count). The van der Waals surface area contributed by atoms with Crippen LogP contribution in [-0.4, -0.2) is 28.5 Å². The number of ether oxygens (including phenoxy) is 1. The molecule has 6 nitrogen and oxygen atoms in total. The molecule has 2 aromatic carbocycles. The van der Waals surface area contributed by atoms with Crippen molar-refractivity contribution in [2.45, 2.75) is 17.7 Å². The molecule has 1 heterocycles. The van der Waals surface area contributed by atoms with Gasteiger partial charge in [-0.15, -0.1) is 0 Å². The summed E-state index contributed by atoms with van der Waals surface area (Å²) >= 11 is 0. The summed E-state index contributed by atoms with van der Waals surface area (Å²) in [4.78, 5) is 13.6. The Labute approximate surface area is 141 Å². The molecule has 0 saturated heterocycles. The van der Waals surface area contributed by atoms with Crippen molar-refractivity contribution in [2.24, 2.45) is 0 Å². The second kappa shape index (κ2) is 6.16. The van der Waals surface area contributed by atoms with Gasteiger partial charge in [0.25, 0.3) is 10.0 Å². The highest BCUT2D eigenvalue weighted by molar-refractivity contribution is 7.92. The SMILES string of the molecule is COc1cc2c(cc1NS(=O)(=O)c1ccccc1)CCC(=O)N2C. The molecule has 1 amide bonds. The summed E-state index contributed by atoms with van der Waals surface area (Å²) in [6.07, 6.45) is 0.975. The van der Waals surface area contributed by atoms with Crippen molar-refractivity contribution in [3.05, 3.63) is 48.0 Å². The minimum absolute atomic E-state index is 0.0298. The molecule has 0 spiro atoms. The van der Waals surface area contributed by atoms with E-state index >= 15 is 0 Å². The first-order valence-corrected chi connectivity index (χ1v) is 8.96. The lowest BCUT2D eigenvalue weighted by Crippen LogP contribution is -2.31. The first-order valence-electron chi connectivity index (χ1n) is 7.47. The highest BCUT2D eigenvalue weighted by Crippen LogP contribution is 2.37. The van der Waals surface area contributed by atoms with Crippen LogP contribution in [0.2, 0.25) is 0 Å². The number of benzene rings is 2. The number of hydrogen-bond acceptors (Lipinski definition) is 4. The van der Waals surface area contributed by atoms with Crippen LogP contribution in [0.3, 0.4) is 0 Å². The molecule has 24 heavy (non-hydrogen) atoms. The van der Waals surface area contributed by atoms with Crippen LogP contribution in [0.15, 0.2) is 47.4 Å². The molecule has 0 atom stereocenters. The fraction of sp³-hybridized carbons (Fsp3) is 0.235. The number of sulfonamides is 1. The summed E-state index contributed by atoms with van der Waals surface area (Å²) in [6, 6.07) is 11.6. The first-order chi connectivity index (χ1) is 11.4. The zero-order valence-corrected chi connectivity index (χ0v) is 14.3. The number of hydrogen-bond donors (Lipinski definition) is 1. The number of aryl methyl sites for hydroxylation is 1. The van der Waals surface area contributed by atoms with Crippen molar-refractivity contribution in [1.29, 1.82) is 0 Å². The molecule has 0 unspecified atom stereocenters. The Morgan fingerprint density at radius 3 is 2.50 bits per heavy atom. The summed E-state index contributed by atoms with van der Waals surface area (Å²) in [5.41, 5.74) is 2.01. The van der Waals surface area contributed by atoms with Gasteiger partial charge in [-0.3, -0.25) is 9.52 Å². The van der Waals surface area contributed by atoms with Gasteiger partial charge in [-0.1, -0.05) is 18.2 Å². The summed E-state index contributed by atoms with van der Waals surface area (Å²) < 4.78 is 32.9. The van der Waals surface area contributed by atoms with Crippen LogP contribution in [0.1, 0.15) is 12.0 Å². The van der Waals surface area contributed by atoms with Crippen molar-refractivity contribution in [1.82, 2.24) is 0 Å². The van der Waals surface area contributed by atoms with Crippen molar-refractivity contribution in [2.75, 3.05) is 23.8 Å². The Morgan fingerprint density at radius 2 is 1.83 bits per heavy atom. The molecule has 1 aliphatic heterocycles. The number of nitrogens with one attached hydrogen (secondary N) is 1. The van der Waals surface area contributed by atoms with E-state index in [-0.39, 0.29) is 10.8 Å². The average molecular weight is 346 g/mol. The average Bonchev–Trinajstić information content (AvgIpc) is 2.58. The largest absolute Gasteiger partial charge is 0.494 e. The van der Waals surface area contributed by atoms with Gasteiger partial charge in [0.15, 0.2) is 0 Å². The van der Waals surface area contributed by atoms with E-state index in [1.807, 2.05) is 0 Å². The topological polar surface area (TPSA) is 75.7 Å². The molecular weight excluding hydrogens is 328 g/mol. The number of anilines is 2. The quantitative estimate of drug-likeness (QED) is 0.922. The van der Waals surface area contributed by atoms with Crippen molar-refractivity contribution < 1.29 is 17.9 Å². The van der Waals surface area contributed by atoms with E-state index in [0.717, 1.165) is 11.3 Å². The van der Waals surface area contributed by atoms with Crippen molar-refractivity contribution in [3.8, 4) is 5.75 Å². The maximum Gasteiger partial charge on any atom is 0.262 e. The smallest absolute Gasteiger partial charge is 0.262 e. The lowest BCUT2D eigenvalue weighted by atomic mass is 10.0. The molecular formula is C17H18N2O4S. The number of carbonyl (C=O) groups is 1. The summed E-state index contributed by atoms with van der Waals surface area (Å²) in [5.74, 6) is 0.400. The molecule has 2 aromatic rings. The Balaban J connectivity index is 2.01. The second-order valence-electron chi connectivity index (χ2n) is 5.55. The lowest BCUT2D eigenvalue weighted by molar-refractivity contribution is -0.118. The lowest BCUT2D eigenvalue weighted by Gasteiger charge is -2.27. The van der Waals surface area contributed by atoms with Gasteiger partial charge in [-0.2, -0.15) is 0 Å². The van der Waals surface area contributed by atoms with Gasteiger partial charge in [-0.05, 0) is 30.2 Å². The Hall–Kier alpha value is -2.54. The number of rotatable bonds is 4. The normalized spacial score (nSPS) is 14.2. The van der Waals surface area contributed by atoms with E-state index in [1.54, 1.807) is 42.3 Å². The molecule has 0 aromatic heterocycles. The Morgan fingerprint density at radius 1 is 1.12 bits per heavy atom. The van der Waals surface area contributed by atoms with Gasteiger partial charge in [0.1, 0.15) is 5.75 Å². The van der Waals surface area contributed by atoms with Crippen LogP contribution in [0.25, 0.3) is 0 Å². The summed E-state index contributed by atoms with van der Waals surface area (Å²) in [7, 11) is -0.540. The fourth-order valence-electron chi connectivity index (χ4n) is 2.72. The standard InChI is InChI=1S/C17H18N2O4S/c1-19-15-11-16(23-2)14(10-12(15)8-9-17(19)20)18-24(21,22)13-6-4-3-5-7-13/h3-7,10-11,18H,8-9H2,1-2H3. The predicted molar refractivity (Wildman–Crippen MR) is 92.0 cm³/mol. The van der Waals surface area contributed by atoms with Crippen molar-refractivity contribution in [3.63, 3.8) is 0 Å². The molecule has 0 saturated carbocycles. The van der Waals surface area contributed by atoms with Gasteiger partial charge >= 0.3 is 0 Å². The van der Waals surface area contributed by atoms with Crippen LogP contribution in [0, 0.1) is 0 Å². The molecule has 0 bridgehead atoms. The zero-order valence-electron chi connectivity index (χ0n) is 13.4. The number of methoxy groups -OCH3 is 1. The molecule has 1 aliphatic rings. The minimum Gasteiger partial charge on any atom is -0.494 e. The third-order valence-electron chi connectivity index (χ3n) is 4.04. The summed E-state index contributed by atoms with van der Waals surface area (Å²) in [5, 5.41) is 0. The van der Waals surface area contributed by atoms with E-state index in [1.165, 1.54) is 19.2 Å². The van der Waals surface area contributed by atoms with Crippen LogP contribution in [0.5, 0.6) is 5.75 Å². The third-order valence-corrected chi connectivity index (χ3v) is 5.42. The van der Waals surface area contributed by atoms with Gasteiger partial charge in [0.05, 0.1) is 23.4 Å². The fourth-order valence-corrected chi connectivity index (χ4v) is 3.80. The van der Waals surface area contributed by atoms with Crippen LogP contribution in [-0.2, 0) is 21.2 Å². The zero-order chi connectivity index (χ0) is 17.3. The third kappa shape index (κ3) is 2.94. The molecule has 0 aliphatic carbocycles. The predicted octanol–water partition coefficient (Wildman–Crippen LogP) is 2.41. The second-order valence-corrected chi connectivity index (χ2v) is 7.23. The highest BCUT2D eigenvalue weighted by Gasteiger charge is 2.24. The van der Waals surface area contributed by atoms with Crippen molar-refractivity contribution >= 4 is 27.3 Å². The molecule has 7 heteroatoms. The van der Waals surface area contributed by atoms with Gasteiger partial charge in [0.2, 0.25) is 5.91 Å². The van der Waals surface area contributed by atoms with E-state index < -0.39 is 10.0 Å². The molecule has 1 N–H and O–H groups in total. The minimum atomic E-state index is -3.71. The number of nitrogens with zero attached hydrogens (tertiary/aromatic N) is 1. The number of carbonyl (C=O) groups excluding carboxylic acids is 1. The Bertz CT molecular complexity index is 879. The van der Waals surface area contributed by atoms with Crippen LogP contribution >= 0.6 is 0 Å². The van der Waals surface area contributed by atoms with E-state index in [2.05, 4.69) is 4.72 Å². The molecule has 126 valence electrons. The van der Waals surface area contributed by atoms with Crippen LogP contribution in [0.4, 0.5) is 11.4 Å². The maximum atomic E-state index is 12.5. The maximum absolute atomic E-state index is 12.5. The van der Waals surface area contributed by atoms with Gasteiger partial charge in [0, 0.05) is 19.5 Å². The molecule has 0 fully saturated rings. The molecule has 0 radical (unpaired) electrons. The number of fused-ring (bicyclic) bond motifs is 1. The monoisotopic (exact) mass is 346 g/mol. The van der Waals surface area contributed by atoms with E-state index in [4.69, 9.17) is 4.74 Å².